The number of para-hydroxylation sites is 1. The lowest BCUT2D eigenvalue weighted by atomic mass is 10.1. The Kier molecular flexibility index (Phi) is 6.28. The van der Waals surface area contributed by atoms with Crippen LogP contribution in [0.25, 0.3) is 0 Å². The van der Waals surface area contributed by atoms with Crippen molar-refractivity contribution < 1.29 is 14.4 Å². The maximum absolute atomic E-state index is 12.9. The zero-order valence-electron chi connectivity index (χ0n) is 17.8. The lowest BCUT2D eigenvalue weighted by Crippen LogP contribution is -2.31. The molecule has 6 nitrogen and oxygen atoms in total. The Balaban J connectivity index is 1.38. The number of thioether (sulfide) groups is 1. The molecular weight excluding hydrogens is 422 g/mol. The first-order valence-corrected chi connectivity index (χ1v) is 11.1. The fourth-order valence-electron chi connectivity index (χ4n) is 3.43. The molecular formula is C25H23N3O3S. The monoisotopic (exact) mass is 445 g/mol. The van der Waals surface area contributed by atoms with Gasteiger partial charge in [-0.2, -0.15) is 0 Å². The van der Waals surface area contributed by atoms with Crippen LogP contribution < -0.4 is 15.5 Å². The number of amides is 4. The van der Waals surface area contributed by atoms with Gasteiger partial charge in [-0.3, -0.25) is 9.59 Å². The molecule has 0 radical (unpaired) electrons. The number of urea groups is 1. The largest absolute Gasteiger partial charge is 0.323 e. The summed E-state index contributed by atoms with van der Waals surface area (Å²) in [5, 5.41) is 5.07. The summed E-state index contributed by atoms with van der Waals surface area (Å²) < 4.78 is 0. The normalized spacial score (nSPS) is 15.7. The van der Waals surface area contributed by atoms with Gasteiger partial charge in [-0.1, -0.05) is 24.3 Å². The van der Waals surface area contributed by atoms with Crippen molar-refractivity contribution in [3.63, 3.8) is 0 Å². The maximum atomic E-state index is 12.9. The first-order valence-electron chi connectivity index (χ1n) is 10.2. The minimum atomic E-state index is -0.468. The van der Waals surface area contributed by atoms with Crippen molar-refractivity contribution in [3.05, 3.63) is 83.9 Å². The number of carbonyl (C=O) groups excluding carboxylic acids is 3. The molecule has 32 heavy (non-hydrogen) atoms. The van der Waals surface area contributed by atoms with Gasteiger partial charge in [0.15, 0.2) is 0 Å². The number of hydrogen-bond donors (Lipinski definition) is 2. The van der Waals surface area contributed by atoms with Crippen LogP contribution in [0.2, 0.25) is 0 Å². The Bertz CT molecular complexity index is 1160. The van der Waals surface area contributed by atoms with E-state index in [0.29, 0.717) is 17.1 Å². The third-order valence-electron chi connectivity index (χ3n) is 5.28. The van der Waals surface area contributed by atoms with E-state index in [1.54, 1.807) is 24.3 Å². The van der Waals surface area contributed by atoms with Crippen LogP contribution in [0, 0.1) is 13.8 Å². The summed E-state index contributed by atoms with van der Waals surface area (Å²) in [5.41, 5.74) is 4.11. The molecule has 1 atom stereocenters. The fraction of sp³-hybridized carbons (Fsp3) is 0.160. The molecule has 7 heteroatoms. The highest BCUT2D eigenvalue weighted by Crippen LogP contribution is 2.34. The maximum Gasteiger partial charge on any atom is 0.323 e. The van der Waals surface area contributed by atoms with Gasteiger partial charge in [-0.15, -0.1) is 11.8 Å². The van der Waals surface area contributed by atoms with Gasteiger partial charge < -0.3 is 10.6 Å². The molecule has 3 aromatic rings. The fourth-order valence-corrected chi connectivity index (χ4v) is 4.48. The van der Waals surface area contributed by atoms with Crippen LogP contribution in [0.3, 0.4) is 0 Å². The van der Waals surface area contributed by atoms with E-state index in [-0.39, 0.29) is 24.3 Å². The molecule has 0 saturated carbocycles. The number of carbonyl (C=O) groups is 3. The summed E-state index contributed by atoms with van der Waals surface area (Å²) in [4.78, 5) is 39.7. The SMILES string of the molecule is Cc1ccc(N2C(=O)CC(Sc3ccc(NC(=O)Nc4ccccc4)cc3)C2=O)cc1C. The topological polar surface area (TPSA) is 78.5 Å². The minimum absolute atomic E-state index is 0.163. The van der Waals surface area contributed by atoms with Crippen molar-refractivity contribution in [1.82, 2.24) is 0 Å². The molecule has 1 saturated heterocycles. The van der Waals surface area contributed by atoms with Crippen LogP contribution in [-0.2, 0) is 9.59 Å². The molecule has 0 spiro atoms. The van der Waals surface area contributed by atoms with Gasteiger partial charge in [0.2, 0.25) is 11.8 Å². The second-order valence-corrected chi connectivity index (χ2v) is 8.89. The highest BCUT2D eigenvalue weighted by atomic mass is 32.2. The number of aryl methyl sites for hydroxylation is 2. The third kappa shape index (κ3) is 4.84. The van der Waals surface area contributed by atoms with Gasteiger partial charge in [0.1, 0.15) is 0 Å². The first-order chi connectivity index (χ1) is 15.4. The molecule has 0 bridgehead atoms. The predicted molar refractivity (Wildman–Crippen MR) is 128 cm³/mol. The molecule has 1 aliphatic heterocycles. The molecule has 1 unspecified atom stereocenters. The number of benzene rings is 3. The van der Waals surface area contributed by atoms with E-state index >= 15 is 0 Å². The number of nitrogens with one attached hydrogen (secondary N) is 2. The second kappa shape index (κ2) is 9.28. The Labute approximate surface area is 191 Å². The second-order valence-electron chi connectivity index (χ2n) is 7.62. The zero-order valence-corrected chi connectivity index (χ0v) is 18.6. The van der Waals surface area contributed by atoms with Crippen molar-refractivity contribution >= 4 is 46.7 Å². The predicted octanol–water partition coefficient (Wildman–Crippen LogP) is 5.37. The van der Waals surface area contributed by atoms with Gasteiger partial charge in [0.05, 0.1) is 10.9 Å². The molecule has 0 aromatic heterocycles. The van der Waals surface area contributed by atoms with Crippen molar-refractivity contribution in [3.8, 4) is 0 Å². The molecule has 1 heterocycles. The standard InChI is InChI=1S/C25H23N3O3S/c1-16-8-11-20(14-17(16)2)28-23(29)15-22(24(28)30)32-21-12-9-19(10-13-21)27-25(31)26-18-6-4-3-5-7-18/h3-14,22H,15H2,1-2H3,(H2,26,27,31). The molecule has 1 aliphatic rings. The Morgan fingerprint density at radius 1 is 0.875 bits per heavy atom. The molecule has 4 rings (SSSR count). The summed E-state index contributed by atoms with van der Waals surface area (Å²) in [7, 11) is 0. The summed E-state index contributed by atoms with van der Waals surface area (Å²) in [5.74, 6) is -0.390. The molecule has 2 N–H and O–H groups in total. The Hall–Kier alpha value is -3.58. The Morgan fingerprint density at radius 2 is 1.53 bits per heavy atom. The first kappa shape index (κ1) is 21.6. The number of rotatable bonds is 5. The molecule has 1 fully saturated rings. The van der Waals surface area contributed by atoms with E-state index < -0.39 is 5.25 Å². The van der Waals surface area contributed by atoms with Crippen LogP contribution >= 0.6 is 11.8 Å². The highest BCUT2D eigenvalue weighted by molar-refractivity contribution is 8.00. The summed E-state index contributed by atoms with van der Waals surface area (Å²) in [6.45, 7) is 3.96. The molecule has 0 aliphatic carbocycles. The van der Waals surface area contributed by atoms with E-state index in [1.807, 2.05) is 62.4 Å². The lowest BCUT2D eigenvalue weighted by molar-refractivity contribution is -0.121. The number of imide groups is 1. The zero-order chi connectivity index (χ0) is 22.7. The van der Waals surface area contributed by atoms with E-state index in [9.17, 15) is 14.4 Å². The van der Waals surface area contributed by atoms with Crippen LogP contribution in [-0.4, -0.2) is 23.1 Å². The summed E-state index contributed by atoms with van der Waals surface area (Å²) >= 11 is 1.36. The Morgan fingerprint density at radius 3 is 2.19 bits per heavy atom. The molecule has 3 aromatic carbocycles. The quantitative estimate of drug-likeness (QED) is 0.518. The van der Waals surface area contributed by atoms with Crippen molar-refractivity contribution in [2.24, 2.45) is 0 Å². The van der Waals surface area contributed by atoms with Gasteiger partial charge in [-0.05, 0) is 73.5 Å². The van der Waals surface area contributed by atoms with Crippen molar-refractivity contribution in [2.45, 2.75) is 30.4 Å². The number of nitrogens with zero attached hydrogens (tertiary/aromatic N) is 1. The van der Waals surface area contributed by atoms with E-state index in [0.717, 1.165) is 16.0 Å². The number of anilines is 3. The summed E-state index contributed by atoms with van der Waals surface area (Å²) in [6, 6.07) is 21.7. The number of hydrogen-bond acceptors (Lipinski definition) is 4. The van der Waals surface area contributed by atoms with Crippen LogP contribution in [0.15, 0.2) is 77.7 Å². The van der Waals surface area contributed by atoms with Gasteiger partial charge >= 0.3 is 6.03 Å². The highest BCUT2D eigenvalue weighted by Gasteiger charge is 2.40. The van der Waals surface area contributed by atoms with Gasteiger partial charge in [-0.25, -0.2) is 9.69 Å². The van der Waals surface area contributed by atoms with Crippen LogP contribution in [0.5, 0.6) is 0 Å². The molecule has 162 valence electrons. The van der Waals surface area contributed by atoms with Crippen LogP contribution in [0.1, 0.15) is 17.5 Å². The van der Waals surface area contributed by atoms with E-state index in [2.05, 4.69) is 10.6 Å². The van der Waals surface area contributed by atoms with Crippen molar-refractivity contribution in [2.75, 3.05) is 15.5 Å². The van der Waals surface area contributed by atoms with Crippen LogP contribution in [0.4, 0.5) is 21.9 Å². The van der Waals surface area contributed by atoms with E-state index in [1.165, 1.54) is 16.7 Å². The smallest absolute Gasteiger partial charge is 0.308 e. The van der Waals surface area contributed by atoms with E-state index in [4.69, 9.17) is 0 Å². The average molecular weight is 446 g/mol. The van der Waals surface area contributed by atoms with Gasteiger partial charge in [0, 0.05) is 22.7 Å². The third-order valence-corrected chi connectivity index (χ3v) is 6.47. The van der Waals surface area contributed by atoms with Crippen molar-refractivity contribution in [1.29, 1.82) is 0 Å². The molecule has 4 amide bonds. The lowest BCUT2D eigenvalue weighted by Gasteiger charge is -2.16. The summed E-state index contributed by atoms with van der Waals surface area (Å²) in [6.07, 6.45) is 0.163. The minimum Gasteiger partial charge on any atom is -0.308 e. The average Bonchev–Trinajstić information content (AvgIpc) is 3.05. The van der Waals surface area contributed by atoms with Gasteiger partial charge in [0.25, 0.3) is 0 Å².